The standard InChI is InChI=1S/C26H25F3N4/c1-15-22(14-30)23-9-20(19-2-4-21(5-3-19)26(27,28)29)10-24(33(23)32-15)31-25-11-16-6-17(12-25)8-18(7-16)13-25/h2-5,9-10,16-18,31H,6-8,11-13H2,1H3. The molecule has 33 heavy (non-hydrogen) atoms. The van der Waals surface area contributed by atoms with Crippen molar-refractivity contribution in [2.75, 3.05) is 5.32 Å². The molecule has 0 radical (unpaired) electrons. The molecule has 3 aromatic rings. The van der Waals surface area contributed by atoms with E-state index in [9.17, 15) is 18.4 Å². The lowest BCUT2D eigenvalue weighted by Gasteiger charge is -2.57. The Balaban J connectivity index is 1.45. The number of benzene rings is 1. The zero-order valence-electron chi connectivity index (χ0n) is 18.4. The van der Waals surface area contributed by atoms with E-state index in [0.717, 1.165) is 60.5 Å². The summed E-state index contributed by atoms with van der Waals surface area (Å²) in [6.07, 6.45) is 3.08. The van der Waals surface area contributed by atoms with Gasteiger partial charge in [0.25, 0.3) is 0 Å². The summed E-state index contributed by atoms with van der Waals surface area (Å²) in [5.41, 5.74) is 2.65. The Morgan fingerprint density at radius 3 is 2.15 bits per heavy atom. The van der Waals surface area contributed by atoms with Crippen LogP contribution in [0.15, 0.2) is 36.4 Å². The number of alkyl halides is 3. The van der Waals surface area contributed by atoms with Gasteiger partial charge in [-0.15, -0.1) is 0 Å². The highest BCUT2D eigenvalue weighted by Crippen LogP contribution is 2.56. The molecule has 4 aliphatic carbocycles. The van der Waals surface area contributed by atoms with Gasteiger partial charge in [0.1, 0.15) is 17.5 Å². The van der Waals surface area contributed by atoms with Gasteiger partial charge in [-0.3, -0.25) is 0 Å². The lowest BCUT2D eigenvalue weighted by atomic mass is 9.53. The molecule has 4 nitrogen and oxygen atoms in total. The molecule has 4 saturated carbocycles. The van der Waals surface area contributed by atoms with Crippen LogP contribution in [0.5, 0.6) is 0 Å². The van der Waals surface area contributed by atoms with Gasteiger partial charge in [-0.2, -0.15) is 23.5 Å². The minimum absolute atomic E-state index is 0.0348. The lowest BCUT2D eigenvalue weighted by molar-refractivity contribution is -0.137. The fourth-order valence-corrected chi connectivity index (χ4v) is 7.04. The number of halogens is 3. The number of hydrogen-bond donors (Lipinski definition) is 1. The lowest BCUT2D eigenvalue weighted by Crippen LogP contribution is -2.55. The molecule has 0 atom stereocenters. The van der Waals surface area contributed by atoms with E-state index in [-0.39, 0.29) is 5.54 Å². The number of nitrogens with zero attached hydrogens (tertiary/aromatic N) is 3. The summed E-state index contributed by atoms with van der Waals surface area (Å²) in [5, 5.41) is 18.2. The van der Waals surface area contributed by atoms with Gasteiger partial charge in [0.2, 0.25) is 0 Å². The smallest absolute Gasteiger partial charge is 0.365 e. The molecule has 0 amide bonds. The van der Waals surface area contributed by atoms with Crippen LogP contribution in [-0.4, -0.2) is 15.2 Å². The van der Waals surface area contributed by atoms with E-state index >= 15 is 0 Å². The Labute approximate surface area is 190 Å². The van der Waals surface area contributed by atoms with Crippen molar-refractivity contribution in [3.63, 3.8) is 0 Å². The number of aromatic nitrogens is 2. The predicted octanol–water partition coefficient (Wildman–Crippen LogP) is 6.58. The maximum absolute atomic E-state index is 13.1. The molecule has 0 spiro atoms. The highest BCUT2D eigenvalue weighted by Gasteiger charge is 2.51. The summed E-state index contributed by atoms with van der Waals surface area (Å²) in [5.74, 6) is 3.12. The number of aryl methyl sites for hydroxylation is 1. The number of hydrogen-bond acceptors (Lipinski definition) is 3. The van der Waals surface area contributed by atoms with Crippen LogP contribution in [-0.2, 0) is 6.18 Å². The second kappa shape index (κ2) is 6.99. The van der Waals surface area contributed by atoms with Crippen molar-refractivity contribution in [2.24, 2.45) is 17.8 Å². The Bertz CT molecular complexity index is 1240. The summed E-state index contributed by atoms with van der Waals surface area (Å²) in [6, 6.07) is 11.3. The summed E-state index contributed by atoms with van der Waals surface area (Å²) < 4.78 is 41.0. The predicted molar refractivity (Wildman–Crippen MR) is 120 cm³/mol. The molecule has 7 rings (SSSR count). The SMILES string of the molecule is Cc1nn2c(NC34CC5CC(CC(C5)C3)C4)cc(-c3ccc(C(F)(F)F)cc3)cc2c1C#N. The second-order valence-electron chi connectivity index (χ2n) is 10.4. The Morgan fingerprint density at radius 2 is 1.61 bits per heavy atom. The van der Waals surface area contributed by atoms with E-state index in [2.05, 4.69) is 16.5 Å². The van der Waals surface area contributed by atoms with Gasteiger partial charge < -0.3 is 5.32 Å². The van der Waals surface area contributed by atoms with Crippen LogP contribution in [0.25, 0.3) is 16.6 Å². The van der Waals surface area contributed by atoms with E-state index < -0.39 is 11.7 Å². The van der Waals surface area contributed by atoms with Crippen LogP contribution in [0.2, 0.25) is 0 Å². The third kappa shape index (κ3) is 3.38. The number of rotatable bonds is 3. The topological polar surface area (TPSA) is 53.1 Å². The van der Waals surface area contributed by atoms with Gasteiger partial charge in [-0.25, -0.2) is 4.52 Å². The van der Waals surface area contributed by atoms with Gasteiger partial charge >= 0.3 is 6.18 Å². The summed E-state index contributed by atoms with van der Waals surface area (Å²) in [4.78, 5) is 0. The van der Waals surface area contributed by atoms with Crippen molar-refractivity contribution in [3.8, 4) is 17.2 Å². The van der Waals surface area contributed by atoms with Gasteiger partial charge in [0, 0.05) is 5.54 Å². The van der Waals surface area contributed by atoms with Crippen LogP contribution >= 0.6 is 0 Å². The zero-order chi connectivity index (χ0) is 23.0. The van der Waals surface area contributed by atoms with Crippen LogP contribution in [0.4, 0.5) is 19.0 Å². The van der Waals surface area contributed by atoms with Gasteiger partial charge in [0.15, 0.2) is 0 Å². The second-order valence-corrected chi connectivity index (χ2v) is 10.4. The molecule has 0 unspecified atom stereocenters. The van der Waals surface area contributed by atoms with Crippen molar-refractivity contribution in [1.29, 1.82) is 5.26 Å². The highest BCUT2D eigenvalue weighted by atomic mass is 19.4. The molecular weight excluding hydrogens is 425 g/mol. The monoisotopic (exact) mass is 450 g/mol. The Kier molecular flexibility index (Phi) is 4.36. The number of nitriles is 1. The van der Waals surface area contributed by atoms with E-state index in [0.29, 0.717) is 22.3 Å². The summed E-state index contributed by atoms with van der Waals surface area (Å²) in [6.45, 7) is 1.82. The molecule has 1 N–H and O–H groups in total. The van der Waals surface area contributed by atoms with E-state index in [1.54, 1.807) is 4.52 Å². The number of pyridine rings is 1. The third-order valence-corrected chi connectivity index (χ3v) is 8.00. The van der Waals surface area contributed by atoms with E-state index in [1.165, 1.54) is 31.4 Å². The molecule has 0 saturated heterocycles. The van der Waals surface area contributed by atoms with Crippen LogP contribution in [0.1, 0.15) is 55.3 Å². The third-order valence-electron chi connectivity index (χ3n) is 8.00. The van der Waals surface area contributed by atoms with Crippen molar-refractivity contribution in [2.45, 2.75) is 57.2 Å². The molecule has 0 aliphatic heterocycles. The molecule has 2 aromatic heterocycles. The molecule has 4 aliphatic rings. The number of nitrogens with one attached hydrogen (secondary N) is 1. The van der Waals surface area contributed by atoms with Crippen LogP contribution < -0.4 is 5.32 Å². The molecule has 4 bridgehead atoms. The molecule has 4 fully saturated rings. The molecule has 170 valence electrons. The molecule has 2 heterocycles. The fraction of sp³-hybridized carbons (Fsp3) is 0.462. The molecule has 7 heteroatoms. The van der Waals surface area contributed by atoms with Crippen molar-refractivity contribution in [3.05, 3.63) is 53.2 Å². The Hall–Kier alpha value is -3.01. The van der Waals surface area contributed by atoms with Crippen LogP contribution in [0, 0.1) is 36.0 Å². The van der Waals surface area contributed by atoms with Gasteiger partial charge in [-0.05, 0) is 98.6 Å². The fourth-order valence-electron chi connectivity index (χ4n) is 7.04. The van der Waals surface area contributed by atoms with Crippen molar-refractivity contribution >= 4 is 11.3 Å². The maximum atomic E-state index is 13.1. The first kappa shape index (κ1) is 20.6. The molecule has 1 aromatic carbocycles. The first-order valence-corrected chi connectivity index (χ1v) is 11.6. The van der Waals surface area contributed by atoms with E-state index in [1.807, 2.05) is 19.1 Å². The van der Waals surface area contributed by atoms with Gasteiger partial charge in [0.05, 0.1) is 16.8 Å². The van der Waals surface area contributed by atoms with E-state index in [4.69, 9.17) is 0 Å². The minimum atomic E-state index is -4.37. The molecular formula is C26H25F3N4. The number of fused-ring (bicyclic) bond motifs is 1. The largest absolute Gasteiger partial charge is 0.416 e. The van der Waals surface area contributed by atoms with Crippen molar-refractivity contribution in [1.82, 2.24) is 9.61 Å². The quantitative estimate of drug-likeness (QED) is 0.490. The van der Waals surface area contributed by atoms with Gasteiger partial charge in [-0.1, -0.05) is 12.1 Å². The zero-order valence-corrected chi connectivity index (χ0v) is 18.4. The minimum Gasteiger partial charge on any atom is -0.365 e. The van der Waals surface area contributed by atoms with Crippen molar-refractivity contribution < 1.29 is 13.2 Å². The average Bonchev–Trinajstić information content (AvgIpc) is 3.07. The summed E-state index contributed by atoms with van der Waals surface area (Å²) in [7, 11) is 0. The maximum Gasteiger partial charge on any atom is 0.416 e. The first-order chi connectivity index (χ1) is 15.7. The average molecular weight is 451 g/mol. The van der Waals surface area contributed by atoms with Crippen LogP contribution in [0.3, 0.4) is 0 Å². The first-order valence-electron chi connectivity index (χ1n) is 11.6. The summed E-state index contributed by atoms with van der Waals surface area (Å²) >= 11 is 0. The Morgan fingerprint density at radius 1 is 1.00 bits per heavy atom. The highest BCUT2D eigenvalue weighted by molar-refractivity contribution is 5.77. The number of anilines is 1. The normalized spacial score (nSPS) is 28.3.